The van der Waals surface area contributed by atoms with Gasteiger partial charge in [-0.25, -0.2) is 8.42 Å². The first kappa shape index (κ1) is 19.6. The third-order valence-corrected chi connectivity index (χ3v) is 5.04. The average Bonchev–Trinajstić information content (AvgIpc) is 2.49. The predicted octanol–water partition coefficient (Wildman–Crippen LogP) is 1.81. The van der Waals surface area contributed by atoms with Gasteiger partial charge in [0.2, 0.25) is 10.0 Å². The molecule has 23 heavy (non-hydrogen) atoms. The van der Waals surface area contributed by atoms with E-state index in [4.69, 9.17) is 10.8 Å². The largest absolute Gasteiger partial charge is 0.480 e. The fourth-order valence-electron chi connectivity index (χ4n) is 2.54. The molecule has 0 saturated heterocycles. The smallest absolute Gasteiger partial charge is 0.320 e. The highest BCUT2D eigenvalue weighted by atomic mass is 32.2. The molecule has 2 atom stereocenters. The SMILES string of the molecule is CCCC(CCC(N)C(=O)O)N(Cc1ccccc1)S(C)(=O)=O. The summed E-state index contributed by atoms with van der Waals surface area (Å²) in [6.45, 7) is 2.26. The van der Waals surface area contributed by atoms with E-state index in [1.54, 1.807) is 0 Å². The van der Waals surface area contributed by atoms with Crippen molar-refractivity contribution < 1.29 is 18.3 Å². The maximum Gasteiger partial charge on any atom is 0.320 e. The number of rotatable bonds is 10. The minimum absolute atomic E-state index is 0.249. The third kappa shape index (κ3) is 6.68. The molecular weight excluding hydrogens is 316 g/mol. The fraction of sp³-hybridized carbons (Fsp3) is 0.562. The summed E-state index contributed by atoms with van der Waals surface area (Å²) in [4.78, 5) is 10.9. The predicted molar refractivity (Wildman–Crippen MR) is 90.4 cm³/mol. The van der Waals surface area contributed by atoms with Crippen LogP contribution in [0.25, 0.3) is 0 Å². The average molecular weight is 342 g/mol. The van der Waals surface area contributed by atoms with Gasteiger partial charge in [0.05, 0.1) is 6.26 Å². The summed E-state index contributed by atoms with van der Waals surface area (Å²) in [5.41, 5.74) is 6.46. The van der Waals surface area contributed by atoms with Crippen LogP contribution in [0.15, 0.2) is 30.3 Å². The lowest BCUT2D eigenvalue weighted by Crippen LogP contribution is -2.41. The van der Waals surface area contributed by atoms with Gasteiger partial charge < -0.3 is 10.8 Å². The standard InChI is InChI=1S/C16H26N2O4S/c1-3-7-14(10-11-15(17)16(19)20)18(23(2,21)22)12-13-8-5-4-6-9-13/h4-6,8-9,14-15H,3,7,10-12,17H2,1-2H3,(H,19,20). The number of hydrogen-bond donors (Lipinski definition) is 2. The second-order valence-electron chi connectivity index (χ2n) is 5.76. The minimum Gasteiger partial charge on any atom is -0.480 e. The van der Waals surface area contributed by atoms with E-state index in [1.807, 2.05) is 37.3 Å². The Kier molecular flexibility index (Phi) is 7.67. The number of nitrogens with two attached hydrogens (primary N) is 1. The molecule has 0 aliphatic rings. The molecule has 2 unspecified atom stereocenters. The van der Waals surface area contributed by atoms with Gasteiger partial charge in [0.15, 0.2) is 0 Å². The normalized spacial score (nSPS) is 14.6. The maximum absolute atomic E-state index is 12.2. The number of carbonyl (C=O) groups is 1. The molecule has 1 aromatic carbocycles. The molecule has 0 amide bonds. The molecule has 7 heteroatoms. The number of carboxylic acids is 1. The van der Waals surface area contributed by atoms with Crippen molar-refractivity contribution in [3.8, 4) is 0 Å². The molecule has 0 fully saturated rings. The van der Waals surface area contributed by atoms with Crippen LogP contribution in [0.1, 0.15) is 38.2 Å². The Labute approximate surface area is 138 Å². The molecule has 0 radical (unpaired) electrons. The topological polar surface area (TPSA) is 101 Å². The van der Waals surface area contributed by atoms with Crippen molar-refractivity contribution in [1.82, 2.24) is 4.31 Å². The van der Waals surface area contributed by atoms with Crippen LogP contribution in [0, 0.1) is 0 Å². The van der Waals surface area contributed by atoms with Gasteiger partial charge in [0.25, 0.3) is 0 Å². The second kappa shape index (κ2) is 9.00. The van der Waals surface area contributed by atoms with Gasteiger partial charge in [-0.05, 0) is 24.8 Å². The molecule has 0 bridgehead atoms. The van der Waals surface area contributed by atoms with E-state index in [1.165, 1.54) is 10.6 Å². The molecule has 0 spiro atoms. The summed E-state index contributed by atoms with van der Waals surface area (Å²) in [5.74, 6) is -1.06. The van der Waals surface area contributed by atoms with Crippen LogP contribution in [0.4, 0.5) is 0 Å². The molecule has 130 valence electrons. The van der Waals surface area contributed by atoms with E-state index in [-0.39, 0.29) is 19.0 Å². The highest BCUT2D eigenvalue weighted by molar-refractivity contribution is 7.88. The molecule has 0 saturated carbocycles. The zero-order valence-electron chi connectivity index (χ0n) is 13.7. The van der Waals surface area contributed by atoms with E-state index in [9.17, 15) is 13.2 Å². The Morgan fingerprint density at radius 3 is 2.30 bits per heavy atom. The van der Waals surface area contributed by atoms with Crippen LogP contribution in [0.2, 0.25) is 0 Å². The molecule has 3 N–H and O–H groups in total. The van der Waals surface area contributed by atoms with Crippen molar-refractivity contribution in [2.24, 2.45) is 5.73 Å². The maximum atomic E-state index is 12.2. The van der Waals surface area contributed by atoms with Gasteiger partial charge in [0.1, 0.15) is 6.04 Å². The van der Waals surface area contributed by atoms with Crippen molar-refractivity contribution in [1.29, 1.82) is 0 Å². The summed E-state index contributed by atoms with van der Waals surface area (Å²) in [6, 6.07) is 8.15. The van der Waals surface area contributed by atoms with Crippen LogP contribution in [0.5, 0.6) is 0 Å². The van der Waals surface area contributed by atoms with E-state index in [2.05, 4.69) is 0 Å². The lowest BCUT2D eigenvalue weighted by Gasteiger charge is -2.30. The summed E-state index contributed by atoms with van der Waals surface area (Å²) >= 11 is 0. The van der Waals surface area contributed by atoms with Crippen molar-refractivity contribution in [3.05, 3.63) is 35.9 Å². The monoisotopic (exact) mass is 342 g/mol. The fourth-order valence-corrected chi connectivity index (χ4v) is 3.68. The van der Waals surface area contributed by atoms with Crippen LogP contribution in [-0.4, -0.2) is 42.1 Å². The van der Waals surface area contributed by atoms with Gasteiger partial charge in [0, 0.05) is 12.6 Å². The van der Waals surface area contributed by atoms with E-state index in [0.717, 1.165) is 12.0 Å². The number of nitrogens with zero attached hydrogens (tertiary/aromatic N) is 1. The lowest BCUT2D eigenvalue weighted by atomic mass is 10.0. The molecule has 0 aliphatic carbocycles. The van der Waals surface area contributed by atoms with Crippen LogP contribution in [-0.2, 0) is 21.4 Å². The van der Waals surface area contributed by atoms with E-state index in [0.29, 0.717) is 12.8 Å². The Morgan fingerprint density at radius 2 is 1.83 bits per heavy atom. The number of aliphatic carboxylic acids is 1. The Bertz CT molecular complexity index is 589. The van der Waals surface area contributed by atoms with Crippen LogP contribution >= 0.6 is 0 Å². The highest BCUT2D eigenvalue weighted by Gasteiger charge is 2.27. The molecular formula is C16H26N2O4S. The van der Waals surface area contributed by atoms with Gasteiger partial charge in [-0.15, -0.1) is 0 Å². The van der Waals surface area contributed by atoms with Crippen LogP contribution < -0.4 is 5.73 Å². The highest BCUT2D eigenvalue weighted by Crippen LogP contribution is 2.20. The number of sulfonamides is 1. The van der Waals surface area contributed by atoms with Gasteiger partial charge in [-0.3, -0.25) is 4.79 Å². The quantitative estimate of drug-likeness (QED) is 0.675. The minimum atomic E-state index is -3.41. The lowest BCUT2D eigenvalue weighted by molar-refractivity contribution is -0.138. The first-order valence-corrected chi connectivity index (χ1v) is 9.59. The Morgan fingerprint density at radius 1 is 1.22 bits per heavy atom. The summed E-state index contributed by atoms with van der Waals surface area (Å²) in [6.07, 6.45) is 3.36. The summed E-state index contributed by atoms with van der Waals surface area (Å²) in [5, 5.41) is 8.90. The van der Waals surface area contributed by atoms with Crippen molar-refractivity contribution >= 4 is 16.0 Å². The molecule has 6 nitrogen and oxygen atoms in total. The van der Waals surface area contributed by atoms with E-state index < -0.39 is 22.0 Å². The molecule has 0 heterocycles. The first-order valence-electron chi connectivity index (χ1n) is 7.74. The summed E-state index contributed by atoms with van der Waals surface area (Å²) < 4.78 is 25.9. The first-order chi connectivity index (χ1) is 10.8. The van der Waals surface area contributed by atoms with Crippen molar-refractivity contribution in [2.45, 2.75) is 51.2 Å². The van der Waals surface area contributed by atoms with Gasteiger partial charge >= 0.3 is 5.97 Å². The Hall–Kier alpha value is -1.44. The van der Waals surface area contributed by atoms with Gasteiger partial charge in [-0.1, -0.05) is 43.7 Å². The molecule has 0 aliphatic heterocycles. The third-order valence-electron chi connectivity index (χ3n) is 3.76. The molecule has 0 aromatic heterocycles. The van der Waals surface area contributed by atoms with Crippen molar-refractivity contribution in [2.75, 3.05) is 6.26 Å². The molecule has 1 rings (SSSR count). The van der Waals surface area contributed by atoms with Gasteiger partial charge in [-0.2, -0.15) is 4.31 Å². The number of benzene rings is 1. The Balaban J connectivity index is 2.92. The van der Waals surface area contributed by atoms with E-state index >= 15 is 0 Å². The molecule has 1 aromatic rings. The number of hydrogen-bond acceptors (Lipinski definition) is 4. The van der Waals surface area contributed by atoms with Crippen molar-refractivity contribution in [3.63, 3.8) is 0 Å². The zero-order valence-corrected chi connectivity index (χ0v) is 14.5. The summed E-state index contributed by atoms with van der Waals surface area (Å²) in [7, 11) is -3.41. The van der Waals surface area contributed by atoms with Crippen LogP contribution in [0.3, 0.4) is 0 Å². The second-order valence-corrected chi connectivity index (χ2v) is 7.69. The number of carboxylic acid groups (broad SMARTS) is 1. The zero-order chi connectivity index (χ0) is 17.5.